The Kier molecular flexibility index (Phi) is 5.62. The summed E-state index contributed by atoms with van der Waals surface area (Å²) < 4.78 is 0. The van der Waals surface area contributed by atoms with Crippen LogP contribution in [0.1, 0.15) is 26.7 Å². The molecule has 1 aromatic carbocycles. The first-order valence-electron chi connectivity index (χ1n) is 7.31. The van der Waals surface area contributed by atoms with Crippen LogP contribution in [-0.4, -0.2) is 37.6 Å². The molecule has 0 aliphatic rings. The average Bonchev–Trinajstić information content (AvgIpc) is 2.56. The Morgan fingerprint density at radius 2 is 1.68 bits per heavy atom. The van der Waals surface area contributed by atoms with E-state index in [4.69, 9.17) is 0 Å². The lowest BCUT2D eigenvalue weighted by Crippen LogP contribution is -2.44. The third-order valence-electron chi connectivity index (χ3n) is 3.19. The van der Waals surface area contributed by atoms with Crippen LogP contribution in [0.3, 0.4) is 0 Å². The second-order valence-corrected chi connectivity index (χ2v) is 4.79. The minimum absolute atomic E-state index is 0.233. The van der Waals surface area contributed by atoms with Crippen molar-refractivity contribution in [2.75, 3.05) is 10.2 Å². The van der Waals surface area contributed by atoms with E-state index >= 15 is 0 Å². The van der Waals surface area contributed by atoms with Crippen LogP contribution in [0.4, 0.5) is 17.6 Å². The summed E-state index contributed by atoms with van der Waals surface area (Å²) in [5.41, 5.74) is 0.846. The maximum Gasteiger partial charge on any atom is 0.234 e. The number of para-hydroxylation sites is 1. The second-order valence-electron chi connectivity index (χ2n) is 4.79. The number of rotatable bonds is 7. The lowest BCUT2D eigenvalue weighted by atomic mass is 10.3. The third kappa shape index (κ3) is 3.90. The van der Waals surface area contributed by atoms with E-state index in [0.717, 1.165) is 5.69 Å². The Bertz CT molecular complexity index is 571. The summed E-state index contributed by atoms with van der Waals surface area (Å²) in [5, 5.41) is 23.3. The fourth-order valence-electron chi connectivity index (χ4n) is 1.98. The number of aromatic nitrogens is 3. The van der Waals surface area contributed by atoms with Crippen LogP contribution in [0, 0.1) is 0 Å². The van der Waals surface area contributed by atoms with E-state index in [0.29, 0.717) is 18.8 Å². The Hall–Kier alpha value is -2.25. The van der Waals surface area contributed by atoms with Crippen LogP contribution in [-0.2, 0) is 0 Å². The number of aliphatic hydroxyl groups is 2. The molecule has 22 heavy (non-hydrogen) atoms. The summed E-state index contributed by atoms with van der Waals surface area (Å²) in [7, 11) is 0. The van der Waals surface area contributed by atoms with Gasteiger partial charge < -0.3 is 15.5 Å². The van der Waals surface area contributed by atoms with E-state index in [-0.39, 0.29) is 5.95 Å². The highest BCUT2D eigenvalue weighted by molar-refractivity contribution is 5.53. The van der Waals surface area contributed by atoms with Crippen LogP contribution in [0.2, 0.25) is 0 Å². The monoisotopic (exact) mass is 303 g/mol. The predicted molar refractivity (Wildman–Crippen MR) is 84.6 cm³/mol. The van der Waals surface area contributed by atoms with Crippen molar-refractivity contribution in [3.63, 3.8) is 0 Å². The van der Waals surface area contributed by atoms with Crippen LogP contribution in [0.25, 0.3) is 0 Å². The molecule has 0 aliphatic heterocycles. The first-order valence-corrected chi connectivity index (χ1v) is 7.31. The molecular formula is C15H21N5O2. The van der Waals surface area contributed by atoms with Gasteiger partial charge in [-0.1, -0.05) is 32.0 Å². The molecule has 0 spiro atoms. The summed E-state index contributed by atoms with van der Waals surface area (Å²) >= 11 is 0. The van der Waals surface area contributed by atoms with Crippen LogP contribution < -0.4 is 10.2 Å². The molecule has 0 bridgehead atoms. The second kappa shape index (κ2) is 7.67. The van der Waals surface area contributed by atoms with Crippen LogP contribution >= 0.6 is 0 Å². The van der Waals surface area contributed by atoms with Gasteiger partial charge in [-0.15, -0.1) is 0 Å². The van der Waals surface area contributed by atoms with Crippen molar-refractivity contribution in [2.24, 2.45) is 0 Å². The molecule has 118 valence electrons. The van der Waals surface area contributed by atoms with Crippen molar-refractivity contribution in [3.05, 3.63) is 36.7 Å². The highest BCUT2D eigenvalue weighted by atomic mass is 16.3. The van der Waals surface area contributed by atoms with Gasteiger partial charge in [0.2, 0.25) is 11.9 Å². The van der Waals surface area contributed by atoms with Gasteiger partial charge in [-0.3, -0.25) is 4.90 Å². The Labute approximate surface area is 129 Å². The molecule has 7 nitrogen and oxygen atoms in total. The normalized spacial score (nSPS) is 13.5. The highest BCUT2D eigenvalue weighted by Gasteiger charge is 2.24. The number of anilines is 3. The predicted octanol–water partition coefficient (Wildman–Crippen LogP) is 1.88. The molecule has 1 aromatic heterocycles. The molecule has 0 aliphatic carbocycles. The molecule has 1 heterocycles. The van der Waals surface area contributed by atoms with E-state index in [9.17, 15) is 10.2 Å². The van der Waals surface area contributed by atoms with E-state index in [1.54, 1.807) is 0 Å². The zero-order valence-corrected chi connectivity index (χ0v) is 12.7. The summed E-state index contributed by atoms with van der Waals surface area (Å²) in [6, 6.07) is 9.50. The molecule has 0 saturated heterocycles. The first kappa shape index (κ1) is 16.1. The first-order chi connectivity index (χ1) is 10.7. The summed E-state index contributed by atoms with van der Waals surface area (Å²) in [4.78, 5) is 13.8. The minimum Gasteiger partial charge on any atom is -0.373 e. The molecule has 7 heteroatoms. The van der Waals surface area contributed by atoms with Gasteiger partial charge in [0.1, 0.15) is 18.8 Å². The van der Waals surface area contributed by atoms with Gasteiger partial charge in [0.25, 0.3) is 0 Å². The topological polar surface area (TPSA) is 94.4 Å². The Balaban J connectivity index is 2.25. The van der Waals surface area contributed by atoms with Gasteiger partial charge in [-0.05, 0) is 25.0 Å². The summed E-state index contributed by atoms with van der Waals surface area (Å²) in [6.07, 6.45) is 0.531. The maximum atomic E-state index is 10.1. The number of hydrogen-bond acceptors (Lipinski definition) is 7. The number of nitrogens with one attached hydrogen (secondary N) is 1. The largest absolute Gasteiger partial charge is 0.373 e. The molecule has 2 atom stereocenters. The van der Waals surface area contributed by atoms with Crippen molar-refractivity contribution >= 4 is 17.6 Å². The molecule has 0 radical (unpaired) electrons. The Morgan fingerprint density at radius 1 is 1.05 bits per heavy atom. The maximum absolute atomic E-state index is 10.1. The van der Waals surface area contributed by atoms with Gasteiger partial charge in [0.15, 0.2) is 0 Å². The highest BCUT2D eigenvalue weighted by Crippen LogP contribution is 2.19. The van der Waals surface area contributed by atoms with Gasteiger partial charge in [0.05, 0.1) is 0 Å². The van der Waals surface area contributed by atoms with Crippen molar-refractivity contribution in [2.45, 2.75) is 39.1 Å². The third-order valence-corrected chi connectivity index (χ3v) is 3.19. The lowest BCUT2D eigenvalue weighted by Gasteiger charge is -2.31. The molecule has 0 saturated carbocycles. The van der Waals surface area contributed by atoms with Gasteiger partial charge in [-0.25, -0.2) is 9.97 Å². The number of aliphatic hydroxyl groups excluding tert-OH is 2. The molecule has 0 amide bonds. The quantitative estimate of drug-likeness (QED) is 0.672. The standard InChI is InChI=1S/C15H21N5O2/c1-3-12(21)20(13(22)4-2)15-17-10-16-14(19-15)18-11-8-6-5-7-9-11/h5-10,12-13,21-22H,3-4H2,1-2H3,(H,16,17,18,19). The molecule has 3 N–H and O–H groups in total. The fraction of sp³-hybridized carbons (Fsp3) is 0.400. The van der Waals surface area contributed by atoms with Crippen LogP contribution in [0.15, 0.2) is 36.7 Å². The van der Waals surface area contributed by atoms with E-state index in [1.165, 1.54) is 11.2 Å². The molecule has 0 fully saturated rings. The lowest BCUT2D eigenvalue weighted by molar-refractivity contribution is 0.0776. The summed E-state index contributed by atoms with van der Waals surface area (Å²) in [6.45, 7) is 3.65. The van der Waals surface area contributed by atoms with Crippen molar-refractivity contribution in [3.8, 4) is 0 Å². The van der Waals surface area contributed by atoms with Gasteiger partial charge in [-0.2, -0.15) is 4.98 Å². The number of hydrogen-bond donors (Lipinski definition) is 3. The van der Waals surface area contributed by atoms with E-state index < -0.39 is 12.5 Å². The number of benzene rings is 1. The molecular weight excluding hydrogens is 282 g/mol. The molecule has 2 rings (SSSR count). The van der Waals surface area contributed by atoms with Crippen molar-refractivity contribution in [1.29, 1.82) is 0 Å². The van der Waals surface area contributed by atoms with E-state index in [2.05, 4.69) is 20.3 Å². The SMILES string of the molecule is CCC(O)N(c1ncnc(Nc2ccccc2)n1)C(O)CC. The van der Waals surface area contributed by atoms with Gasteiger partial charge >= 0.3 is 0 Å². The molecule has 2 aromatic rings. The van der Waals surface area contributed by atoms with Crippen LogP contribution in [0.5, 0.6) is 0 Å². The smallest absolute Gasteiger partial charge is 0.234 e. The fourth-order valence-corrected chi connectivity index (χ4v) is 1.98. The van der Waals surface area contributed by atoms with Gasteiger partial charge in [0, 0.05) is 5.69 Å². The molecule has 2 unspecified atom stereocenters. The summed E-state index contributed by atoms with van der Waals surface area (Å²) in [5.74, 6) is 0.588. The average molecular weight is 303 g/mol. The van der Waals surface area contributed by atoms with Crippen molar-refractivity contribution < 1.29 is 10.2 Å². The zero-order chi connectivity index (χ0) is 15.9. The van der Waals surface area contributed by atoms with Crippen molar-refractivity contribution in [1.82, 2.24) is 15.0 Å². The zero-order valence-electron chi connectivity index (χ0n) is 12.7. The van der Waals surface area contributed by atoms with E-state index in [1.807, 2.05) is 44.2 Å². The minimum atomic E-state index is -0.859. The number of nitrogens with zero attached hydrogens (tertiary/aromatic N) is 4. The Morgan fingerprint density at radius 3 is 2.27 bits per heavy atom.